The third-order valence-electron chi connectivity index (χ3n) is 5.12. The molecule has 0 N–H and O–H groups in total. The molecule has 0 aliphatic heterocycles. The number of aryl methyl sites for hydroxylation is 1. The van der Waals surface area contributed by atoms with Gasteiger partial charge in [-0.15, -0.1) is 22.7 Å². The van der Waals surface area contributed by atoms with Gasteiger partial charge in [0.2, 0.25) is 0 Å². The lowest BCUT2D eigenvalue weighted by molar-refractivity contribution is 1.66. The van der Waals surface area contributed by atoms with Crippen LogP contribution in [-0.4, -0.2) is 0 Å². The molecule has 0 atom stereocenters. The maximum Gasteiger partial charge on any atom is 0.0459 e. The average molecular weight is 354 g/mol. The third-order valence-corrected chi connectivity index (χ3v) is 7.37. The zero-order valence-corrected chi connectivity index (χ0v) is 15.3. The van der Waals surface area contributed by atoms with E-state index in [1.54, 1.807) is 0 Å². The summed E-state index contributed by atoms with van der Waals surface area (Å²) in [6, 6.07) is 24.9. The minimum atomic E-state index is 1.33. The summed E-state index contributed by atoms with van der Waals surface area (Å²) >= 11 is 3.80. The summed E-state index contributed by atoms with van der Waals surface area (Å²) in [5.74, 6) is 0. The monoisotopic (exact) mass is 354 g/mol. The van der Waals surface area contributed by atoms with Crippen molar-refractivity contribution in [3.8, 4) is 10.4 Å². The van der Waals surface area contributed by atoms with Gasteiger partial charge < -0.3 is 0 Å². The summed E-state index contributed by atoms with van der Waals surface area (Å²) in [7, 11) is 0. The van der Waals surface area contributed by atoms with Crippen LogP contribution in [0.1, 0.15) is 4.88 Å². The molecule has 118 valence electrons. The molecule has 0 fully saturated rings. The number of rotatable bonds is 1. The Morgan fingerprint density at radius 1 is 0.640 bits per heavy atom. The fraction of sp³-hybridized carbons (Fsp3) is 0.0435. The molecule has 6 rings (SSSR count). The van der Waals surface area contributed by atoms with Crippen molar-refractivity contribution in [3.63, 3.8) is 0 Å². The molecule has 25 heavy (non-hydrogen) atoms. The van der Waals surface area contributed by atoms with E-state index in [1.807, 2.05) is 22.7 Å². The molecule has 0 radical (unpaired) electrons. The molecule has 0 amide bonds. The zero-order chi connectivity index (χ0) is 16.5. The summed E-state index contributed by atoms with van der Waals surface area (Å²) in [4.78, 5) is 2.77. The highest BCUT2D eigenvalue weighted by atomic mass is 32.1. The maximum absolute atomic E-state index is 2.36. The van der Waals surface area contributed by atoms with E-state index in [2.05, 4.69) is 73.7 Å². The minimum absolute atomic E-state index is 1.33. The first-order valence-electron chi connectivity index (χ1n) is 8.45. The van der Waals surface area contributed by atoms with E-state index in [-0.39, 0.29) is 0 Å². The van der Waals surface area contributed by atoms with Gasteiger partial charge in [0.05, 0.1) is 0 Å². The van der Waals surface area contributed by atoms with E-state index in [0.717, 1.165) is 0 Å². The predicted octanol–water partition coefficient (Wildman–Crippen LogP) is 7.84. The van der Waals surface area contributed by atoms with Gasteiger partial charge >= 0.3 is 0 Å². The Kier molecular flexibility index (Phi) is 2.66. The Balaban J connectivity index is 1.76. The lowest BCUT2D eigenvalue weighted by Crippen LogP contribution is -1.85. The summed E-state index contributed by atoms with van der Waals surface area (Å²) in [6.45, 7) is 2.19. The van der Waals surface area contributed by atoms with Crippen LogP contribution >= 0.6 is 22.7 Å². The van der Waals surface area contributed by atoms with Gasteiger partial charge in [0, 0.05) is 19.2 Å². The average Bonchev–Trinajstić information content (AvgIpc) is 3.17. The second-order valence-corrected chi connectivity index (χ2v) is 9.04. The summed E-state index contributed by atoms with van der Waals surface area (Å²) < 4.78 is 2.81. The molecule has 0 aliphatic carbocycles. The third kappa shape index (κ3) is 1.87. The lowest BCUT2D eigenvalue weighted by Gasteiger charge is -2.13. The van der Waals surface area contributed by atoms with Crippen molar-refractivity contribution in [2.75, 3.05) is 0 Å². The number of benzene rings is 4. The SMILES string of the molecule is Cc1cc2sc(-c3ccc4ccc5cccc6ccc3c4c56)cc2s1. The second-order valence-electron chi connectivity index (χ2n) is 6.67. The predicted molar refractivity (Wildman–Crippen MR) is 114 cm³/mol. The Bertz CT molecular complexity index is 1350. The number of hydrogen-bond donors (Lipinski definition) is 0. The summed E-state index contributed by atoms with van der Waals surface area (Å²) in [5, 5.41) is 8.16. The molecular formula is C23H14S2. The van der Waals surface area contributed by atoms with E-state index in [1.165, 1.54) is 57.0 Å². The first kappa shape index (κ1) is 13.8. The van der Waals surface area contributed by atoms with Gasteiger partial charge in [-0.05, 0) is 56.9 Å². The number of thiophene rings is 2. The minimum Gasteiger partial charge on any atom is -0.140 e. The van der Waals surface area contributed by atoms with E-state index in [9.17, 15) is 0 Å². The first-order valence-corrected chi connectivity index (χ1v) is 10.1. The zero-order valence-electron chi connectivity index (χ0n) is 13.7. The Hall–Kier alpha value is -2.42. The maximum atomic E-state index is 2.36. The van der Waals surface area contributed by atoms with Crippen LogP contribution in [0.5, 0.6) is 0 Å². The Labute approximate surface area is 153 Å². The highest BCUT2D eigenvalue weighted by Gasteiger charge is 2.14. The van der Waals surface area contributed by atoms with E-state index in [4.69, 9.17) is 0 Å². The molecule has 2 heteroatoms. The molecule has 0 bridgehead atoms. The van der Waals surface area contributed by atoms with E-state index in [0.29, 0.717) is 0 Å². The van der Waals surface area contributed by atoms with Crippen molar-refractivity contribution in [3.05, 3.63) is 71.6 Å². The fourth-order valence-corrected chi connectivity index (χ4v) is 6.40. The molecule has 2 aromatic heterocycles. The summed E-state index contributed by atoms with van der Waals surface area (Å²) in [5.41, 5.74) is 1.36. The highest BCUT2D eigenvalue weighted by molar-refractivity contribution is 7.29. The standard InChI is InChI=1S/C23H14S2/c1-13-11-20-21(24-13)12-19(25-20)17-9-7-16-6-5-14-3-2-4-15-8-10-18(17)23(16)22(14)15/h2-12H,1H3. The summed E-state index contributed by atoms with van der Waals surface area (Å²) in [6.07, 6.45) is 0. The molecule has 4 aromatic carbocycles. The topological polar surface area (TPSA) is 0 Å². The van der Waals surface area contributed by atoms with Crippen molar-refractivity contribution in [2.24, 2.45) is 0 Å². The Morgan fingerprint density at radius 2 is 1.32 bits per heavy atom. The lowest BCUT2D eigenvalue weighted by atomic mass is 9.91. The molecule has 0 saturated carbocycles. The van der Waals surface area contributed by atoms with Gasteiger partial charge in [0.25, 0.3) is 0 Å². The molecule has 0 spiro atoms. The van der Waals surface area contributed by atoms with Crippen molar-refractivity contribution < 1.29 is 0 Å². The molecule has 0 aliphatic rings. The highest BCUT2D eigenvalue weighted by Crippen LogP contribution is 2.43. The van der Waals surface area contributed by atoms with Gasteiger partial charge in [-0.2, -0.15) is 0 Å². The van der Waals surface area contributed by atoms with E-state index >= 15 is 0 Å². The van der Waals surface area contributed by atoms with Gasteiger partial charge in [0.1, 0.15) is 0 Å². The van der Waals surface area contributed by atoms with E-state index < -0.39 is 0 Å². The number of hydrogen-bond acceptors (Lipinski definition) is 2. The molecular weight excluding hydrogens is 340 g/mol. The van der Waals surface area contributed by atoms with Gasteiger partial charge in [-0.3, -0.25) is 0 Å². The van der Waals surface area contributed by atoms with Crippen LogP contribution in [0, 0.1) is 6.92 Å². The van der Waals surface area contributed by atoms with Crippen LogP contribution in [0.3, 0.4) is 0 Å². The molecule has 2 heterocycles. The quantitative estimate of drug-likeness (QED) is 0.264. The van der Waals surface area contributed by atoms with Crippen LogP contribution in [0.4, 0.5) is 0 Å². The van der Waals surface area contributed by atoms with Crippen LogP contribution in [0.2, 0.25) is 0 Å². The van der Waals surface area contributed by atoms with Crippen LogP contribution in [-0.2, 0) is 0 Å². The van der Waals surface area contributed by atoms with Crippen LogP contribution < -0.4 is 0 Å². The van der Waals surface area contributed by atoms with Gasteiger partial charge in [-0.25, -0.2) is 0 Å². The van der Waals surface area contributed by atoms with Gasteiger partial charge in [0.15, 0.2) is 0 Å². The van der Waals surface area contributed by atoms with Crippen molar-refractivity contribution in [1.29, 1.82) is 0 Å². The largest absolute Gasteiger partial charge is 0.140 e. The molecule has 0 nitrogen and oxygen atoms in total. The van der Waals surface area contributed by atoms with Crippen molar-refractivity contribution in [2.45, 2.75) is 6.92 Å². The fourth-order valence-electron chi connectivity index (χ4n) is 4.04. The number of fused-ring (bicyclic) bond motifs is 1. The van der Waals surface area contributed by atoms with Crippen molar-refractivity contribution in [1.82, 2.24) is 0 Å². The molecule has 6 aromatic rings. The normalized spacial score (nSPS) is 12.2. The van der Waals surface area contributed by atoms with Gasteiger partial charge in [-0.1, -0.05) is 54.6 Å². The van der Waals surface area contributed by atoms with Crippen LogP contribution in [0.25, 0.3) is 52.2 Å². The first-order chi connectivity index (χ1) is 12.3. The smallest absolute Gasteiger partial charge is 0.0459 e. The van der Waals surface area contributed by atoms with Crippen molar-refractivity contribution >= 4 is 64.4 Å². The second kappa shape index (κ2) is 4.81. The molecule has 0 unspecified atom stereocenters. The molecule has 0 saturated heterocycles. The van der Waals surface area contributed by atoms with Crippen LogP contribution in [0.15, 0.2) is 66.7 Å². The Morgan fingerprint density at radius 3 is 2.12 bits per heavy atom.